The van der Waals surface area contributed by atoms with E-state index in [9.17, 15) is 0 Å². The van der Waals surface area contributed by atoms with Gasteiger partial charge in [0, 0.05) is 32.8 Å². The van der Waals surface area contributed by atoms with Gasteiger partial charge in [-0.1, -0.05) is 135 Å². The second-order valence-corrected chi connectivity index (χ2v) is 12.8. The summed E-state index contributed by atoms with van der Waals surface area (Å²) in [5.74, 6) is 0. The minimum absolute atomic E-state index is 1.14. The molecule has 0 spiro atoms. The minimum Gasteiger partial charge on any atom is -0.309 e. The Morgan fingerprint density at radius 1 is 0.438 bits per heavy atom. The van der Waals surface area contributed by atoms with Crippen molar-refractivity contribution in [2.45, 2.75) is 26.2 Å². The van der Waals surface area contributed by atoms with Crippen LogP contribution in [0.15, 0.2) is 164 Å². The molecule has 2 heterocycles. The van der Waals surface area contributed by atoms with E-state index in [0.29, 0.717) is 0 Å². The fourth-order valence-electron chi connectivity index (χ4n) is 7.66. The predicted molar refractivity (Wildman–Crippen MR) is 205 cm³/mol. The summed E-state index contributed by atoms with van der Waals surface area (Å²) in [5, 5.41) is 5.12. The number of hydrogen-bond acceptors (Lipinski definition) is 0. The van der Waals surface area contributed by atoms with E-state index < -0.39 is 0 Å². The van der Waals surface area contributed by atoms with E-state index in [2.05, 4.69) is 180 Å². The lowest BCUT2D eigenvalue weighted by atomic mass is 10.0. The zero-order valence-electron chi connectivity index (χ0n) is 27.1. The van der Waals surface area contributed by atoms with Gasteiger partial charge >= 0.3 is 0 Å². The fraction of sp³-hybridized carbons (Fsp3) is 0.0870. The van der Waals surface area contributed by atoms with E-state index in [0.717, 1.165) is 6.42 Å². The maximum Gasteiger partial charge on any atom is 0.0549 e. The van der Waals surface area contributed by atoms with E-state index in [1.54, 1.807) is 0 Å². The number of aromatic nitrogens is 2. The standard InChI is InChI=1S/C46H36N2/c1-2-3-14-32-25-27-33(28-26-32)35-17-13-18-36(31-35)47-41-23-11-8-20-38(41)45-43(47)29-30-44-46(45)39-21-9-12-24-42(39)48(44)40-22-10-7-19-37(40)34-15-5-4-6-16-34/h4-13,15-31H,2-3,14H2,1H3. The summed E-state index contributed by atoms with van der Waals surface area (Å²) in [6.07, 6.45) is 3.59. The number of para-hydroxylation sites is 3. The summed E-state index contributed by atoms with van der Waals surface area (Å²) < 4.78 is 4.91. The zero-order chi connectivity index (χ0) is 32.0. The van der Waals surface area contributed by atoms with Crippen molar-refractivity contribution in [2.75, 3.05) is 0 Å². The van der Waals surface area contributed by atoms with Gasteiger partial charge in [-0.2, -0.15) is 0 Å². The highest BCUT2D eigenvalue weighted by atomic mass is 15.0. The first-order valence-corrected chi connectivity index (χ1v) is 17.1. The molecule has 0 unspecified atom stereocenters. The average molecular weight is 617 g/mol. The Labute approximate surface area is 281 Å². The summed E-state index contributed by atoms with van der Waals surface area (Å²) in [7, 11) is 0. The Balaban J connectivity index is 1.29. The van der Waals surface area contributed by atoms with Crippen molar-refractivity contribution in [3.05, 3.63) is 169 Å². The van der Waals surface area contributed by atoms with E-state index in [1.165, 1.54) is 95.6 Å². The van der Waals surface area contributed by atoms with Crippen LogP contribution in [0, 0.1) is 0 Å². The lowest BCUT2D eigenvalue weighted by molar-refractivity contribution is 0.795. The van der Waals surface area contributed by atoms with Gasteiger partial charge in [0.15, 0.2) is 0 Å². The summed E-state index contributed by atoms with van der Waals surface area (Å²) in [6.45, 7) is 2.25. The molecule has 230 valence electrons. The lowest BCUT2D eigenvalue weighted by Gasteiger charge is -2.14. The van der Waals surface area contributed by atoms with Crippen LogP contribution in [0.25, 0.3) is 77.2 Å². The molecule has 2 heteroatoms. The van der Waals surface area contributed by atoms with Crippen LogP contribution < -0.4 is 0 Å². The SMILES string of the molecule is CCCCc1ccc(-c2cccc(-n3c4ccccc4c4c5c6ccccc6n(-c6ccccc6-c6ccccc6)c5ccc43)c2)cc1. The van der Waals surface area contributed by atoms with Gasteiger partial charge < -0.3 is 9.13 Å². The molecule has 0 atom stereocenters. The Bertz CT molecular complexity index is 2580. The molecule has 2 aromatic heterocycles. The molecule has 7 aromatic carbocycles. The van der Waals surface area contributed by atoms with Gasteiger partial charge in [0.05, 0.1) is 27.8 Å². The Kier molecular flexibility index (Phi) is 6.94. The second-order valence-electron chi connectivity index (χ2n) is 12.8. The second kappa shape index (κ2) is 11.7. The van der Waals surface area contributed by atoms with Crippen LogP contribution in [0.1, 0.15) is 25.3 Å². The zero-order valence-corrected chi connectivity index (χ0v) is 27.1. The number of unbranched alkanes of at least 4 members (excludes halogenated alkanes) is 1. The molecular formula is C46H36N2. The van der Waals surface area contributed by atoms with Gasteiger partial charge in [0.25, 0.3) is 0 Å². The molecule has 0 bridgehead atoms. The molecule has 0 N–H and O–H groups in total. The molecule has 48 heavy (non-hydrogen) atoms. The van der Waals surface area contributed by atoms with Crippen molar-refractivity contribution >= 4 is 43.6 Å². The van der Waals surface area contributed by atoms with E-state index in [4.69, 9.17) is 0 Å². The quantitative estimate of drug-likeness (QED) is 0.169. The summed E-state index contributed by atoms with van der Waals surface area (Å²) in [6, 6.07) is 60.1. The van der Waals surface area contributed by atoms with Gasteiger partial charge in [-0.15, -0.1) is 0 Å². The molecule has 0 saturated heterocycles. The largest absolute Gasteiger partial charge is 0.309 e. The average Bonchev–Trinajstić information content (AvgIpc) is 3.67. The highest BCUT2D eigenvalue weighted by molar-refractivity contribution is 6.29. The monoisotopic (exact) mass is 616 g/mol. The molecule has 0 aliphatic carbocycles. The van der Waals surface area contributed by atoms with E-state index in [-0.39, 0.29) is 0 Å². The maximum absolute atomic E-state index is 2.46. The fourth-order valence-corrected chi connectivity index (χ4v) is 7.66. The first-order valence-electron chi connectivity index (χ1n) is 17.1. The van der Waals surface area contributed by atoms with Crippen molar-refractivity contribution in [2.24, 2.45) is 0 Å². The van der Waals surface area contributed by atoms with Gasteiger partial charge in [0.1, 0.15) is 0 Å². The molecule has 0 saturated carbocycles. The molecule has 0 fully saturated rings. The number of benzene rings is 7. The molecule has 2 nitrogen and oxygen atoms in total. The number of nitrogens with zero attached hydrogens (tertiary/aromatic N) is 2. The molecule has 0 aliphatic rings. The number of aryl methyl sites for hydroxylation is 1. The van der Waals surface area contributed by atoms with Crippen LogP contribution in [0.2, 0.25) is 0 Å². The van der Waals surface area contributed by atoms with Crippen LogP contribution in [-0.2, 0) is 6.42 Å². The van der Waals surface area contributed by atoms with Crippen molar-refractivity contribution < 1.29 is 0 Å². The highest BCUT2D eigenvalue weighted by Gasteiger charge is 2.21. The van der Waals surface area contributed by atoms with Crippen molar-refractivity contribution in [1.82, 2.24) is 9.13 Å². The Morgan fingerprint density at radius 2 is 1.04 bits per heavy atom. The van der Waals surface area contributed by atoms with Crippen molar-refractivity contribution in [3.8, 4) is 33.6 Å². The van der Waals surface area contributed by atoms with Gasteiger partial charge in [0.2, 0.25) is 0 Å². The molecule has 0 radical (unpaired) electrons. The van der Waals surface area contributed by atoms with Crippen molar-refractivity contribution in [1.29, 1.82) is 0 Å². The summed E-state index contributed by atoms with van der Waals surface area (Å²) in [5.41, 5.74) is 13.5. The number of hydrogen-bond donors (Lipinski definition) is 0. The first kappa shape index (κ1) is 28.4. The van der Waals surface area contributed by atoms with Gasteiger partial charge in [-0.05, 0) is 77.6 Å². The topological polar surface area (TPSA) is 9.86 Å². The normalized spacial score (nSPS) is 11.7. The third kappa shape index (κ3) is 4.56. The summed E-state index contributed by atoms with van der Waals surface area (Å²) >= 11 is 0. The van der Waals surface area contributed by atoms with Gasteiger partial charge in [-0.25, -0.2) is 0 Å². The van der Waals surface area contributed by atoms with Crippen LogP contribution in [0.3, 0.4) is 0 Å². The molecule has 9 aromatic rings. The third-order valence-electron chi connectivity index (χ3n) is 9.91. The minimum atomic E-state index is 1.14. The van der Waals surface area contributed by atoms with E-state index in [1.807, 2.05) is 0 Å². The smallest absolute Gasteiger partial charge is 0.0549 e. The predicted octanol–water partition coefficient (Wildman–Crippen LogP) is 12.6. The molecular weight excluding hydrogens is 581 g/mol. The van der Waals surface area contributed by atoms with E-state index >= 15 is 0 Å². The van der Waals surface area contributed by atoms with Crippen molar-refractivity contribution in [3.63, 3.8) is 0 Å². The number of fused-ring (bicyclic) bond motifs is 7. The molecule has 0 amide bonds. The highest BCUT2D eigenvalue weighted by Crippen LogP contribution is 2.43. The Morgan fingerprint density at radius 3 is 1.77 bits per heavy atom. The summed E-state index contributed by atoms with van der Waals surface area (Å²) in [4.78, 5) is 0. The molecule has 0 aliphatic heterocycles. The molecule has 9 rings (SSSR count). The van der Waals surface area contributed by atoms with Crippen LogP contribution in [0.5, 0.6) is 0 Å². The first-order chi connectivity index (χ1) is 23.8. The number of rotatable bonds is 7. The van der Waals surface area contributed by atoms with Crippen LogP contribution >= 0.6 is 0 Å². The third-order valence-corrected chi connectivity index (χ3v) is 9.91. The Hall–Kier alpha value is -5.86. The van der Waals surface area contributed by atoms with Crippen LogP contribution in [-0.4, -0.2) is 9.13 Å². The maximum atomic E-state index is 2.46. The van der Waals surface area contributed by atoms with Crippen LogP contribution in [0.4, 0.5) is 0 Å². The van der Waals surface area contributed by atoms with Gasteiger partial charge in [-0.3, -0.25) is 0 Å². The lowest BCUT2D eigenvalue weighted by Crippen LogP contribution is -1.97.